The number of rotatable bonds is 6. The Kier molecular flexibility index (Phi) is 6.21. The molecule has 0 saturated carbocycles. The van der Waals surface area contributed by atoms with E-state index in [-0.39, 0.29) is 18.7 Å². The van der Waals surface area contributed by atoms with Crippen LogP contribution in [0.3, 0.4) is 0 Å². The highest BCUT2D eigenvalue weighted by atomic mass is 19.4. The fourth-order valence-corrected chi connectivity index (χ4v) is 2.56. The number of aliphatic hydroxyl groups excluding tert-OH is 1. The van der Waals surface area contributed by atoms with Crippen molar-refractivity contribution in [3.8, 4) is 5.75 Å². The van der Waals surface area contributed by atoms with Crippen molar-refractivity contribution in [2.75, 3.05) is 23.8 Å². The molecule has 1 aliphatic rings. The quantitative estimate of drug-likeness (QED) is 0.558. The Labute approximate surface area is 165 Å². The zero-order valence-electron chi connectivity index (χ0n) is 16.1. The van der Waals surface area contributed by atoms with Crippen LogP contribution in [0.2, 0.25) is 0 Å². The van der Waals surface area contributed by atoms with Gasteiger partial charge in [-0.15, -0.1) is 0 Å². The summed E-state index contributed by atoms with van der Waals surface area (Å²) in [7, 11) is 0. The van der Waals surface area contributed by atoms with E-state index in [1.54, 1.807) is 0 Å². The normalized spacial score (nSPS) is 18.5. The average Bonchev–Trinajstić information content (AvgIpc) is 2.60. The molecule has 2 rings (SSSR count). The van der Waals surface area contributed by atoms with Gasteiger partial charge in [0.05, 0.1) is 24.3 Å². The molecule has 11 heteroatoms. The maximum absolute atomic E-state index is 12.8. The molecular formula is C18H23F3N2O6. The largest absolute Gasteiger partial charge is 0.486 e. The number of carbonyl (C=O) groups excluding carboxylic acids is 1. The minimum absolute atomic E-state index is 0.0596. The second-order valence-electron chi connectivity index (χ2n) is 7.58. The Morgan fingerprint density at radius 1 is 1.31 bits per heavy atom. The molecule has 0 saturated heterocycles. The third kappa shape index (κ3) is 5.22. The molecule has 0 aliphatic carbocycles. The zero-order chi connectivity index (χ0) is 22.0. The first-order valence-corrected chi connectivity index (χ1v) is 8.73. The molecule has 0 bridgehead atoms. The van der Waals surface area contributed by atoms with E-state index < -0.39 is 42.0 Å². The number of hydrogen-bond acceptors (Lipinski definition) is 6. The van der Waals surface area contributed by atoms with E-state index in [1.807, 2.05) is 0 Å². The summed E-state index contributed by atoms with van der Waals surface area (Å²) in [4.78, 5) is 23.1. The third-order valence-corrected chi connectivity index (χ3v) is 4.61. The molecule has 0 radical (unpaired) electrons. The number of ether oxygens (including phenoxy) is 2. The van der Waals surface area contributed by atoms with E-state index in [1.165, 1.54) is 25.1 Å². The van der Waals surface area contributed by atoms with Crippen LogP contribution in [-0.4, -0.2) is 53.3 Å². The summed E-state index contributed by atoms with van der Waals surface area (Å²) in [6, 6.07) is 4.35. The summed E-state index contributed by atoms with van der Waals surface area (Å²) in [6.45, 7) is 2.59. The van der Waals surface area contributed by atoms with Crippen LogP contribution < -0.4 is 15.4 Å². The number of aliphatic carboxylic acids is 1. The smallest absolute Gasteiger partial charge is 0.427 e. The van der Waals surface area contributed by atoms with Crippen molar-refractivity contribution < 1.29 is 42.4 Å². The van der Waals surface area contributed by atoms with Crippen molar-refractivity contribution in [2.45, 2.75) is 45.1 Å². The van der Waals surface area contributed by atoms with Crippen LogP contribution in [0.1, 0.15) is 27.2 Å². The summed E-state index contributed by atoms with van der Waals surface area (Å²) in [5.74, 6) is -0.768. The molecule has 162 valence electrons. The van der Waals surface area contributed by atoms with E-state index in [0.717, 1.165) is 13.8 Å². The summed E-state index contributed by atoms with van der Waals surface area (Å²) in [5.41, 5.74) is -3.36. The van der Waals surface area contributed by atoms with E-state index >= 15 is 0 Å². The van der Waals surface area contributed by atoms with Crippen molar-refractivity contribution in [2.24, 2.45) is 5.41 Å². The first-order chi connectivity index (χ1) is 13.3. The minimum atomic E-state index is -4.72. The SMILES string of the molecule is CC(CO)(CC1CNc2cc(NC(=O)OC(C)(C)C(F)(F)F)ccc2O1)C(=O)O. The highest BCUT2D eigenvalue weighted by Gasteiger charge is 2.51. The Morgan fingerprint density at radius 2 is 1.97 bits per heavy atom. The van der Waals surface area contributed by atoms with Crippen LogP contribution in [0.5, 0.6) is 5.75 Å². The molecule has 1 aromatic carbocycles. The van der Waals surface area contributed by atoms with E-state index in [9.17, 15) is 33.0 Å². The van der Waals surface area contributed by atoms with Crippen LogP contribution in [0.4, 0.5) is 29.3 Å². The second kappa shape index (κ2) is 7.97. The molecule has 2 unspecified atom stereocenters. The van der Waals surface area contributed by atoms with Crippen LogP contribution in [0.15, 0.2) is 18.2 Å². The number of halogens is 3. The number of alkyl halides is 3. The Balaban J connectivity index is 2.03. The number of carbonyl (C=O) groups is 2. The van der Waals surface area contributed by atoms with Gasteiger partial charge in [-0.2, -0.15) is 13.2 Å². The minimum Gasteiger partial charge on any atom is -0.486 e. The molecule has 0 spiro atoms. The molecular weight excluding hydrogens is 397 g/mol. The first kappa shape index (κ1) is 22.6. The maximum Gasteiger partial charge on any atom is 0.427 e. The van der Waals surface area contributed by atoms with E-state index in [2.05, 4.69) is 15.4 Å². The van der Waals surface area contributed by atoms with Crippen molar-refractivity contribution in [1.29, 1.82) is 0 Å². The number of fused-ring (bicyclic) bond motifs is 1. The first-order valence-electron chi connectivity index (χ1n) is 8.73. The average molecular weight is 420 g/mol. The second-order valence-corrected chi connectivity index (χ2v) is 7.58. The monoisotopic (exact) mass is 420 g/mol. The van der Waals surface area contributed by atoms with Gasteiger partial charge in [0.25, 0.3) is 0 Å². The predicted octanol–water partition coefficient (Wildman–Crippen LogP) is 3.22. The molecule has 1 aliphatic heterocycles. The lowest BCUT2D eigenvalue weighted by atomic mass is 9.85. The van der Waals surface area contributed by atoms with E-state index in [4.69, 9.17) is 4.74 Å². The lowest BCUT2D eigenvalue weighted by molar-refractivity contribution is -0.242. The van der Waals surface area contributed by atoms with Gasteiger partial charge in [0, 0.05) is 12.1 Å². The number of carboxylic acid groups (broad SMARTS) is 1. The van der Waals surface area contributed by atoms with Crippen molar-refractivity contribution >= 4 is 23.4 Å². The van der Waals surface area contributed by atoms with Crippen molar-refractivity contribution in [3.63, 3.8) is 0 Å². The molecule has 4 N–H and O–H groups in total. The molecule has 8 nitrogen and oxygen atoms in total. The molecule has 1 aromatic rings. The van der Waals surface area contributed by atoms with Gasteiger partial charge in [0.2, 0.25) is 5.60 Å². The molecule has 0 aromatic heterocycles. The highest BCUT2D eigenvalue weighted by molar-refractivity contribution is 5.86. The zero-order valence-corrected chi connectivity index (χ0v) is 16.1. The number of aliphatic hydroxyl groups is 1. The fraction of sp³-hybridized carbons (Fsp3) is 0.556. The van der Waals surface area contributed by atoms with Gasteiger partial charge in [0.1, 0.15) is 11.9 Å². The Morgan fingerprint density at radius 3 is 2.52 bits per heavy atom. The number of anilines is 2. The molecule has 29 heavy (non-hydrogen) atoms. The predicted molar refractivity (Wildman–Crippen MR) is 97.0 cm³/mol. The topological polar surface area (TPSA) is 117 Å². The van der Waals surface area contributed by atoms with Gasteiger partial charge < -0.3 is 25.0 Å². The van der Waals surface area contributed by atoms with Gasteiger partial charge in [0.15, 0.2) is 0 Å². The van der Waals surface area contributed by atoms with Crippen LogP contribution >= 0.6 is 0 Å². The number of amides is 1. The van der Waals surface area contributed by atoms with E-state index in [0.29, 0.717) is 11.4 Å². The number of nitrogens with one attached hydrogen (secondary N) is 2. The van der Waals surface area contributed by atoms with Gasteiger partial charge in [-0.05, 0) is 39.0 Å². The van der Waals surface area contributed by atoms with Crippen LogP contribution in [-0.2, 0) is 9.53 Å². The summed E-state index contributed by atoms with van der Waals surface area (Å²) in [5, 5.41) is 23.8. The van der Waals surface area contributed by atoms with Gasteiger partial charge in [-0.3, -0.25) is 10.1 Å². The maximum atomic E-state index is 12.8. The Hall–Kier alpha value is -2.69. The summed E-state index contributed by atoms with van der Waals surface area (Å²) < 4.78 is 48.6. The lowest BCUT2D eigenvalue weighted by Gasteiger charge is -2.32. The highest BCUT2D eigenvalue weighted by Crippen LogP contribution is 2.36. The van der Waals surface area contributed by atoms with Crippen molar-refractivity contribution in [1.82, 2.24) is 0 Å². The van der Waals surface area contributed by atoms with Gasteiger partial charge >= 0.3 is 18.2 Å². The third-order valence-electron chi connectivity index (χ3n) is 4.61. The molecule has 2 atom stereocenters. The van der Waals surface area contributed by atoms with Crippen LogP contribution in [0.25, 0.3) is 0 Å². The van der Waals surface area contributed by atoms with Crippen LogP contribution in [0, 0.1) is 5.41 Å². The van der Waals surface area contributed by atoms with Crippen molar-refractivity contribution in [3.05, 3.63) is 18.2 Å². The number of carboxylic acids is 1. The number of hydrogen-bond donors (Lipinski definition) is 4. The summed E-state index contributed by atoms with van der Waals surface area (Å²) >= 11 is 0. The molecule has 1 amide bonds. The molecule has 1 heterocycles. The number of benzene rings is 1. The van der Waals surface area contributed by atoms with Gasteiger partial charge in [-0.1, -0.05) is 0 Å². The standard InChI is InChI=1S/C18H23F3N2O6/c1-16(2,18(19,20)21)29-15(27)23-10-4-5-13-12(6-10)22-8-11(28-13)7-17(3,9-24)14(25)26/h4-6,11,22,24H,7-9H2,1-3H3,(H,23,27)(H,25,26). The molecule has 0 fully saturated rings. The summed E-state index contributed by atoms with van der Waals surface area (Å²) in [6.07, 6.45) is -6.44. The Bertz CT molecular complexity index is 783. The van der Waals surface area contributed by atoms with Gasteiger partial charge in [-0.25, -0.2) is 4.79 Å². The lowest BCUT2D eigenvalue weighted by Crippen LogP contribution is -2.44. The fourth-order valence-electron chi connectivity index (χ4n) is 2.56.